The summed E-state index contributed by atoms with van der Waals surface area (Å²) in [6.07, 6.45) is 0.695. The minimum absolute atomic E-state index is 0. The van der Waals surface area contributed by atoms with Crippen molar-refractivity contribution in [2.45, 2.75) is 40.5 Å². The van der Waals surface area contributed by atoms with Gasteiger partial charge in [0.1, 0.15) is 12.0 Å². The molecule has 8 heteroatoms. The number of alkyl halides is 1. The van der Waals surface area contributed by atoms with Gasteiger partial charge in [-0.15, -0.1) is 0 Å². The number of esters is 1. The Bertz CT molecular complexity index is 395. The molecule has 0 amide bonds. The van der Waals surface area contributed by atoms with E-state index in [4.69, 9.17) is 15.6 Å². The molecule has 0 saturated carbocycles. The smallest absolute Gasteiger partial charge is 0.309 e. The predicted molar refractivity (Wildman–Crippen MR) is 92.1 cm³/mol. The van der Waals surface area contributed by atoms with Crippen molar-refractivity contribution in [1.82, 2.24) is 0 Å². The van der Waals surface area contributed by atoms with E-state index in [1.54, 1.807) is 13.8 Å². The fraction of sp³-hybridized carbons (Fsp3) is 0.733. The Morgan fingerprint density at radius 2 is 1.74 bits per heavy atom. The Kier molecular flexibility index (Phi) is 25.6. The molecule has 0 atom stereocenters. The van der Waals surface area contributed by atoms with Gasteiger partial charge in [0.2, 0.25) is 0 Å². The van der Waals surface area contributed by atoms with Crippen LogP contribution in [0, 0.1) is 34.0 Å². The molecule has 1 N–H and O–H groups in total. The van der Waals surface area contributed by atoms with Crippen molar-refractivity contribution in [3.05, 3.63) is 0 Å². The van der Waals surface area contributed by atoms with E-state index in [1.807, 2.05) is 30.9 Å². The van der Waals surface area contributed by atoms with Crippen LogP contribution < -0.4 is 0 Å². The van der Waals surface area contributed by atoms with Crippen molar-refractivity contribution < 1.29 is 38.0 Å². The van der Waals surface area contributed by atoms with Gasteiger partial charge in [0.15, 0.2) is 5.78 Å². The van der Waals surface area contributed by atoms with Gasteiger partial charge in [-0.2, -0.15) is 10.5 Å². The van der Waals surface area contributed by atoms with Crippen molar-refractivity contribution in [3.8, 4) is 12.1 Å². The van der Waals surface area contributed by atoms with Gasteiger partial charge in [0.25, 0.3) is 0 Å². The number of hydrogen-bond donors (Lipinski definition) is 1. The van der Waals surface area contributed by atoms with Gasteiger partial charge >= 0.3 is 5.97 Å². The summed E-state index contributed by atoms with van der Waals surface area (Å²) in [4.78, 5) is 22.6. The quantitative estimate of drug-likeness (QED) is 0.382. The largest absolute Gasteiger partial charge is 0.465 e. The second-order valence-electron chi connectivity index (χ2n) is 4.89. The number of nitriles is 2. The van der Waals surface area contributed by atoms with Gasteiger partial charge < -0.3 is 9.84 Å². The summed E-state index contributed by atoms with van der Waals surface area (Å²) in [6.45, 7) is 7.28. The van der Waals surface area contributed by atoms with Gasteiger partial charge in [-0.25, -0.2) is 0 Å². The summed E-state index contributed by atoms with van der Waals surface area (Å²) in [5, 5.41) is 24.7. The number of carbonyl (C=O) groups excluding carboxylic acids is 2. The van der Waals surface area contributed by atoms with Crippen molar-refractivity contribution in [3.63, 3.8) is 0 Å². The third-order valence-electron chi connectivity index (χ3n) is 2.14. The number of hydrogen-bond acceptors (Lipinski definition) is 6. The third-order valence-corrected chi connectivity index (χ3v) is 2.14. The van der Waals surface area contributed by atoms with Gasteiger partial charge in [0.05, 0.1) is 25.2 Å². The molecule has 1 aliphatic heterocycles. The van der Waals surface area contributed by atoms with Crippen LogP contribution in [0.25, 0.3) is 0 Å². The maximum absolute atomic E-state index is 10.9. The third kappa shape index (κ3) is 21.4. The molecule has 0 unspecified atom stereocenters. The normalized spacial score (nSPS) is 11.0. The standard InChI is InChI=1S/C7H11NO2.C4H7N.C3H4O2.CH3I.V/c1-7(2,5-8)6(10)3-4-9;1-4(2)3-5;4-3-1-2-5-3;1-2;/h9H,3-4H2,1-2H3;4H,1-2H3;1-2H2;1H3;. The first-order valence-corrected chi connectivity index (χ1v) is 8.85. The molecular formula is C15H25IN2O4V. The molecule has 1 rings (SSSR count). The van der Waals surface area contributed by atoms with Crippen molar-refractivity contribution in [2.75, 3.05) is 18.1 Å². The van der Waals surface area contributed by atoms with Gasteiger partial charge in [-0.1, -0.05) is 22.6 Å². The van der Waals surface area contributed by atoms with Crippen LogP contribution in [0.2, 0.25) is 0 Å². The fourth-order valence-corrected chi connectivity index (χ4v) is 0.662. The minimum atomic E-state index is -0.942. The first kappa shape index (κ1) is 30.3. The van der Waals surface area contributed by atoms with Crippen molar-refractivity contribution in [2.24, 2.45) is 11.3 Å². The summed E-state index contributed by atoms with van der Waals surface area (Å²) in [6, 6.07) is 3.89. The number of cyclic esters (lactones) is 1. The second-order valence-corrected chi connectivity index (χ2v) is 4.89. The van der Waals surface area contributed by atoms with Gasteiger partial charge in [-0.05, 0) is 32.6 Å². The summed E-state index contributed by atoms with van der Waals surface area (Å²) >= 11 is 2.15. The topological polar surface area (TPSA) is 111 Å². The van der Waals surface area contributed by atoms with E-state index in [0.717, 1.165) is 0 Å². The maximum atomic E-state index is 10.9. The zero-order valence-corrected chi connectivity index (χ0v) is 17.9. The van der Waals surface area contributed by atoms with Crippen LogP contribution in [0.5, 0.6) is 0 Å². The number of rotatable bonds is 3. The molecule has 1 radical (unpaired) electrons. The molecule has 0 spiro atoms. The first-order valence-electron chi connectivity index (χ1n) is 6.69. The van der Waals surface area contributed by atoms with Gasteiger partial charge in [0, 0.05) is 30.9 Å². The molecular weight excluding hydrogens is 450 g/mol. The fourth-order valence-electron chi connectivity index (χ4n) is 0.662. The Labute approximate surface area is 164 Å². The number of aliphatic hydroxyl groups excluding tert-OH is 1. The van der Waals surface area contributed by atoms with E-state index < -0.39 is 5.41 Å². The van der Waals surface area contributed by atoms with Crippen LogP contribution in [0.15, 0.2) is 0 Å². The molecule has 1 heterocycles. The van der Waals surface area contributed by atoms with Crippen LogP contribution >= 0.6 is 22.6 Å². The Morgan fingerprint density at radius 1 is 1.39 bits per heavy atom. The summed E-state index contributed by atoms with van der Waals surface area (Å²) in [7, 11) is 0. The number of aliphatic hydroxyl groups is 1. The van der Waals surface area contributed by atoms with Gasteiger partial charge in [-0.3, -0.25) is 9.59 Å². The van der Waals surface area contributed by atoms with Crippen LogP contribution in [0.4, 0.5) is 0 Å². The molecule has 0 aromatic heterocycles. The molecule has 0 aromatic rings. The molecule has 0 aliphatic carbocycles. The zero-order chi connectivity index (χ0) is 18.2. The van der Waals surface area contributed by atoms with E-state index >= 15 is 0 Å². The zero-order valence-electron chi connectivity index (χ0n) is 14.3. The molecule has 1 fully saturated rings. The number of nitrogens with zero attached hydrogens (tertiary/aromatic N) is 2. The van der Waals surface area contributed by atoms with Crippen LogP contribution in [0.3, 0.4) is 0 Å². The van der Waals surface area contributed by atoms with Crippen LogP contribution in [-0.4, -0.2) is 35.0 Å². The minimum Gasteiger partial charge on any atom is -0.465 e. The number of carbonyl (C=O) groups is 2. The number of ketones is 1. The SMILES string of the molecule is CC(C)(C#N)C(=O)CCO.CC(C)C#N.CI.O=C1CCO1.[V]. The summed E-state index contributed by atoms with van der Waals surface area (Å²) in [5.74, 6) is -0.0856. The first-order chi connectivity index (χ1) is 10.2. The van der Waals surface area contributed by atoms with E-state index in [2.05, 4.69) is 27.3 Å². The molecule has 6 nitrogen and oxygen atoms in total. The number of Topliss-reactive ketones (excluding diaryl/α,β-unsaturated/α-hetero) is 1. The molecule has 23 heavy (non-hydrogen) atoms. The molecule has 0 aromatic carbocycles. The molecule has 0 bridgehead atoms. The number of halogens is 1. The Hall–Kier alpha value is -0.606. The summed E-state index contributed by atoms with van der Waals surface area (Å²) < 4.78 is 4.29. The number of ether oxygens (including phenoxy) is 1. The molecule has 131 valence electrons. The second kappa shape index (κ2) is 19.4. The average Bonchev–Trinajstić information content (AvgIpc) is 2.48. The Balaban J connectivity index is -0.000000118. The molecule has 1 aliphatic rings. The van der Waals surface area contributed by atoms with E-state index in [1.165, 1.54) is 0 Å². The average molecular weight is 475 g/mol. The van der Waals surface area contributed by atoms with Crippen LogP contribution in [-0.2, 0) is 32.9 Å². The molecule has 1 saturated heterocycles. The van der Waals surface area contributed by atoms with Crippen molar-refractivity contribution >= 4 is 34.3 Å². The van der Waals surface area contributed by atoms with E-state index in [-0.39, 0.29) is 49.3 Å². The van der Waals surface area contributed by atoms with Crippen LogP contribution in [0.1, 0.15) is 40.5 Å². The Morgan fingerprint density at radius 3 is 1.87 bits per heavy atom. The maximum Gasteiger partial charge on any atom is 0.309 e. The monoisotopic (exact) mass is 475 g/mol. The van der Waals surface area contributed by atoms with Crippen molar-refractivity contribution in [1.29, 1.82) is 10.5 Å². The predicted octanol–water partition coefficient (Wildman–Crippen LogP) is 2.64. The van der Waals surface area contributed by atoms with E-state index in [0.29, 0.717) is 13.0 Å². The van der Waals surface area contributed by atoms with E-state index in [9.17, 15) is 9.59 Å². The summed E-state index contributed by atoms with van der Waals surface area (Å²) in [5.41, 5.74) is -0.942.